The van der Waals surface area contributed by atoms with Gasteiger partial charge in [0.15, 0.2) is 0 Å². The third-order valence-corrected chi connectivity index (χ3v) is 2.30. The van der Waals surface area contributed by atoms with Crippen LogP contribution in [0.4, 0.5) is 11.4 Å². The quantitative estimate of drug-likeness (QED) is 0.315. The number of nitrogen functional groups attached to an aromatic ring is 1. The molecule has 7 nitrogen and oxygen atoms in total. The van der Waals surface area contributed by atoms with Gasteiger partial charge in [0.2, 0.25) is 0 Å². The van der Waals surface area contributed by atoms with Crippen molar-refractivity contribution in [3.63, 3.8) is 0 Å². The predicted octanol–water partition coefficient (Wildman–Crippen LogP) is 1.43. The number of hydrogen-bond donors (Lipinski definition) is 2. The molecule has 0 fully saturated rings. The molecule has 1 aromatic carbocycles. The second-order valence-corrected chi connectivity index (χ2v) is 3.46. The number of hydrazine groups is 1. The Morgan fingerprint density at radius 2 is 2.11 bits per heavy atom. The zero-order valence-corrected chi connectivity index (χ0v) is 10.2. The fourth-order valence-electron chi connectivity index (χ4n) is 1.47. The number of nitro groups is 1. The lowest BCUT2D eigenvalue weighted by Gasteiger charge is -2.09. The second kappa shape index (κ2) is 7.59. The monoisotopic (exact) mass is 255 g/mol. The van der Waals surface area contributed by atoms with Crippen molar-refractivity contribution in [2.45, 2.75) is 13.5 Å². The van der Waals surface area contributed by atoms with Crippen molar-refractivity contribution in [3.8, 4) is 0 Å². The Kier molecular flexibility index (Phi) is 6.06. The Balaban J connectivity index is 2.64. The molecule has 18 heavy (non-hydrogen) atoms. The Hall–Kier alpha value is -1.70. The molecule has 0 amide bonds. The third-order valence-electron chi connectivity index (χ3n) is 2.30. The molecule has 0 bridgehead atoms. The molecule has 0 aliphatic rings. The Labute approximate surface area is 105 Å². The highest BCUT2D eigenvalue weighted by Crippen LogP contribution is 2.27. The van der Waals surface area contributed by atoms with Crippen LogP contribution in [0.1, 0.15) is 12.5 Å². The maximum atomic E-state index is 10.8. The van der Waals surface area contributed by atoms with E-state index < -0.39 is 4.92 Å². The maximum absolute atomic E-state index is 10.8. The number of nitrogens with zero attached hydrogens (tertiary/aromatic N) is 1. The summed E-state index contributed by atoms with van der Waals surface area (Å²) in [5.74, 6) is 5.31. The molecule has 0 unspecified atom stereocenters. The van der Waals surface area contributed by atoms with Gasteiger partial charge in [-0.2, -0.15) is 0 Å². The fourth-order valence-corrected chi connectivity index (χ4v) is 1.47. The molecule has 1 rings (SSSR count). The van der Waals surface area contributed by atoms with E-state index in [9.17, 15) is 10.1 Å². The molecule has 0 radical (unpaired) electrons. The number of para-hydroxylation sites is 1. The number of anilines is 1. The first-order valence-corrected chi connectivity index (χ1v) is 5.59. The number of rotatable bonds is 8. The molecule has 0 aromatic heterocycles. The van der Waals surface area contributed by atoms with Gasteiger partial charge in [0.05, 0.1) is 24.7 Å². The SMILES string of the molecule is CCOCCOCc1cccc([N+](=O)[O-])c1NN. The van der Waals surface area contributed by atoms with Crippen molar-refractivity contribution in [3.05, 3.63) is 33.9 Å². The number of hydrogen-bond acceptors (Lipinski definition) is 6. The molecule has 0 saturated carbocycles. The van der Waals surface area contributed by atoms with Crippen molar-refractivity contribution >= 4 is 11.4 Å². The topological polar surface area (TPSA) is 99.6 Å². The molecule has 0 heterocycles. The molecule has 0 aliphatic heterocycles. The van der Waals surface area contributed by atoms with E-state index in [1.807, 2.05) is 6.92 Å². The molecule has 7 heteroatoms. The first kappa shape index (κ1) is 14.4. The number of nitro benzene ring substituents is 1. The van der Waals surface area contributed by atoms with Gasteiger partial charge < -0.3 is 14.9 Å². The molecule has 1 aromatic rings. The van der Waals surface area contributed by atoms with Gasteiger partial charge in [0, 0.05) is 18.2 Å². The fraction of sp³-hybridized carbons (Fsp3) is 0.455. The minimum absolute atomic E-state index is 0.0663. The van der Waals surface area contributed by atoms with Crippen molar-refractivity contribution in [2.75, 3.05) is 25.2 Å². The van der Waals surface area contributed by atoms with Gasteiger partial charge in [-0.3, -0.25) is 16.0 Å². The largest absolute Gasteiger partial charge is 0.379 e. The van der Waals surface area contributed by atoms with E-state index in [2.05, 4.69) is 5.43 Å². The summed E-state index contributed by atoms with van der Waals surface area (Å²) in [6.07, 6.45) is 0. The summed E-state index contributed by atoms with van der Waals surface area (Å²) in [7, 11) is 0. The van der Waals surface area contributed by atoms with E-state index in [4.69, 9.17) is 15.3 Å². The molecule has 0 aliphatic carbocycles. The van der Waals surface area contributed by atoms with Crippen molar-refractivity contribution in [2.24, 2.45) is 5.84 Å². The number of ether oxygens (including phenoxy) is 2. The van der Waals surface area contributed by atoms with Gasteiger partial charge in [0.1, 0.15) is 5.69 Å². The van der Waals surface area contributed by atoms with Gasteiger partial charge >= 0.3 is 0 Å². The normalized spacial score (nSPS) is 10.3. The summed E-state index contributed by atoms with van der Waals surface area (Å²) in [6, 6.07) is 4.71. The Morgan fingerprint density at radius 3 is 2.72 bits per heavy atom. The van der Waals surface area contributed by atoms with E-state index in [1.165, 1.54) is 6.07 Å². The van der Waals surface area contributed by atoms with Gasteiger partial charge in [-0.15, -0.1) is 0 Å². The van der Waals surface area contributed by atoms with Gasteiger partial charge in [0.25, 0.3) is 5.69 Å². The highest BCUT2D eigenvalue weighted by Gasteiger charge is 2.16. The highest BCUT2D eigenvalue weighted by atomic mass is 16.6. The summed E-state index contributed by atoms with van der Waals surface area (Å²) in [5.41, 5.74) is 3.20. The van der Waals surface area contributed by atoms with E-state index in [-0.39, 0.29) is 18.0 Å². The van der Waals surface area contributed by atoms with Crippen LogP contribution in [0.5, 0.6) is 0 Å². The maximum Gasteiger partial charge on any atom is 0.294 e. The first-order valence-electron chi connectivity index (χ1n) is 5.59. The zero-order valence-electron chi connectivity index (χ0n) is 10.2. The van der Waals surface area contributed by atoms with Crippen LogP contribution in [0.25, 0.3) is 0 Å². The van der Waals surface area contributed by atoms with Crippen LogP contribution in [0.15, 0.2) is 18.2 Å². The number of nitrogens with one attached hydrogen (secondary N) is 1. The van der Waals surface area contributed by atoms with Crippen LogP contribution in [0, 0.1) is 10.1 Å². The first-order chi connectivity index (χ1) is 8.70. The summed E-state index contributed by atoms with van der Waals surface area (Å²) in [4.78, 5) is 10.3. The van der Waals surface area contributed by atoms with Crippen LogP contribution >= 0.6 is 0 Å². The third kappa shape index (κ3) is 3.95. The lowest BCUT2D eigenvalue weighted by Crippen LogP contribution is -2.12. The van der Waals surface area contributed by atoms with Crippen molar-refractivity contribution in [1.82, 2.24) is 0 Å². The standard InChI is InChI=1S/C11H17N3O4/c1-2-17-6-7-18-8-9-4-3-5-10(14(15)16)11(9)13-12/h3-5,13H,2,6-8,12H2,1H3. The smallest absolute Gasteiger partial charge is 0.294 e. The molecule has 0 spiro atoms. The predicted molar refractivity (Wildman–Crippen MR) is 67.1 cm³/mol. The van der Waals surface area contributed by atoms with Crippen molar-refractivity contribution in [1.29, 1.82) is 0 Å². The van der Waals surface area contributed by atoms with Crippen molar-refractivity contribution < 1.29 is 14.4 Å². The lowest BCUT2D eigenvalue weighted by molar-refractivity contribution is -0.384. The van der Waals surface area contributed by atoms with Gasteiger partial charge in [-0.1, -0.05) is 12.1 Å². The zero-order chi connectivity index (χ0) is 13.4. The average molecular weight is 255 g/mol. The lowest BCUT2D eigenvalue weighted by atomic mass is 10.1. The van der Waals surface area contributed by atoms with Crippen LogP contribution in [0.2, 0.25) is 0 Å². The second-order valence-electron chi connectivity index (χ2n) is 3.46. The molecule has 3 N–H and O–H groups in total. The highest BCUT2D eigenvalue weighted by molar-refractivity contribution is 5.65. The minimum Gasteiger partial charge on any atom is -0.379 e. The molecule has 100 valence electrons. The van der Waals surface area contributed by atoms with Crippen LogP contribution < -0.4 is 11.3 Å². The Morgan fingerprint density at radius 1 is 1.39 bits per heavy atom. The number of benzene rings is 1. The molecular weight excluding hydrogens is 238 g/mol. The van der Waals surface area contributed by atoms with E-state index in [0.29, 0.717) is 25.4 Å². The van der Waals surface area contributed by atoms with E-state index >= 15 is 0 Å². The van der Waals surface area contributed by atoms with E-state index in [0.717, 1.165) is 0 Å². The summed E-state index contributed by atoms with van der Waals surface area (Å²) < 4.78 is 10.5. The Bertz CT molecular complexity index is 398. The van der Waals surface area contributed by atoms with E-state index in [1.54, 1.807) is 12.1 Å². The van der Waals surface area contributed by atoms with Gasteiger partial charge in [-0.25, -0.2) is 0 Å². The molecular formula is C11H17N3O4. The summed E-state index contributed by atoms with van der Waals surface area (Å²) in [6.45, 7) is 3.71. The molecule has 0 atom stereocenters. The van der Waals surface area contributed by atoms with Crippen LogP contribution in [0.3, 0.4) is 0 Å². The summed E-state index contributed by atoms with van der Waals surface area (Å²) >= 11 is 0. The number of nitrogens with two attached hydrogens (primary N) is 1. The average Bonchev–Trinajstić information content (AvgIpc) is 2.38. The van der Waals surface area contributed by atoms with Crippen LogP contribution in [-0.4, -0.2) is 24.7 Å². The summed E-state index contributed by atoms with van der Waals surface area (Å²) in [5, 5.41) is 10.8. The van der Waals surface area contributed by atoms with Gasteiger partial charge in [-0.05, 0) is 6.92 Å². The minimum atomic E-state index is -0.487. The molecule has 0 saturated heterocycles. The van der Waals surface area contributed by atoms with Crippen LogP contribution in [-0.2, 0) is 16.1 Å².